The van der Waals surface area contributed by atoms with Gasteiger partial charge in [0.1, 0.15) is 12.1 Å². The van der Waals surface area contributed by atoms with Crippen LogP contribution in [0.25, 0.3) is 0 Å². The smallest absolute Gasteiger partial charge is 0.325 e. The highest BCUT2D eigenvalue weighted by atomic mass is 16.2. The highest BCUT2D eigenvalue weighted by Crippen LogP contribution is 2.53. The molecule has 1 saturated heterocycles. The van der Waals surface area contributed by atoms with Gasteiger partial charge in [-0.2, -0.15) is 0 Å². The zero-order valence-corrected chi connectivity index (χ0v) is 17.1. The second-order valence-corrected chi connectivity index (χ2v) is 9.84. The normalized spacial score (nSPS) is 37.7. The molecule has 4 aliphatic carbocycles. The molecule has 4 bridgehead atoms. The largest absolute Gasteiger partial charge is 0.351 e. The van der Waals surface area contributed by atoms with E-state index in [1.165, 1.54) is 32.1 Å². The van der Waals surface area contributed by atoms with E-state index in [0.29, 0.717) is 11.8 Å². The second kappa shape index (κ2) is 6.57. The van der Waals surface area contributed by atoms with Crippen LogP contribution < -0.4 is 10.6 Å². The fraction of sp³-hybridized carbons (Fsp3) is 0.609. The fourth-order valence-corrected chi connectivity index (χ4v) is 6.46. The van der Waals surface area contributed by atoms with E-state index in [0.717, 1.165) is 27.9 Å². The summed E-state index contributed by atoms with van der Waals surface area (Å²) < 4.78 is 0. The molecule has 0 radical (unpaired) electrons. The van der Waals surface area contributed by atoms with Crippen LogP contribution in [0.4, 0.5) is 4.79 Å². The number of carbonyl (C=O) groups excluding carboxylic acids is 3. The Hall–Kier alpha value is -2.37. The highest BCUT2D eigenvalue weighted by molar-refractivity contribution is 6.09. The minimum atomic E-state index is -1.13. The maximum absolute atomic E-state index is 13.1. The van der Waals surface area contributed by atoms with Crippen molar-refractivity contribution in [2.24, 2.45) is 23.7 Å². The van der Waals surface area contributed by atoms with Crippen LogP contribution in [0.5, 0.6) is 0 Å². The molecular formula is C23H29N3O3. The molecule has 1 aliphatic heterocycles. The molecule has 1 heterocycles. The summed E-state index contributed by atoms with van der Waals surface area (Å²) in [6.45, 7) is 3.46. The number of urea groups is 1. The summed E-state index contributed by atoms with van der Waals surface area (Å²) in [5.74, 6) is 2.22. The van der Waals surface area contributed by atoms with Crippen molar-refractivity contribution < 1.29 is 14.4 Å². The Labute approximate surface area is 171 Å². The lowest BCUT2D eigenvalue weighted by molar-refractivity contribution is -0.136. The number of hydrogen-bond donors (Lipinski definition) is 2. The third-order valence-corrected chi connectivity index (χ3v) is 7.76. The van der Waals surface area contributed by atoms with Crippen molar-refractivity contribution >= 4 is 17.8 Å². The number of benzene rings is 1. The minimum absolute atomic E-state index is 0.208. The average molecular weight is 396 g/mol. The Morgan fingerprint density at radius 1 is 1.07 bits per heavy atom. The van der Waals surface area contributed by atoms with Crippen LogP contribution in [0.3, 0.4) is 0 Å². The molecular weight excluding hydrogens is 366 g/mol. The third-order valence-electron chi connectivity index (χ3n) is 7.76. The lowest BCUT2D eigenvalue weighted by atomic mass is 9.54. The molecule has 1 aromatic carbocycles. The van der Waals surface area contributed by atoms with Crippen LogP contribution in [0.1, 0.15) is 50.2 Å². The fourth-order valence-electron chi connectivity index (χ4n) is 6.46. The van der Waals surface area contributed by atoms with Crippen LogP contribution in [0.15, 0.2) is 24.3 Å². The number of rotatable bonds is 4. The second-order valence-electron chi connectivity index (χ2n) is 9.84. The van der Waals surface area contributed by atoms with E-state index in [9.17, 15) is 14.4 Å². The van der Waals surface area contributed by atoms with Crippen molar-refractivity contribution in [3.63, 3.8) is 0 Å². The molecule has 154 valence electrons. The van der Waals surface area contributed by atoms with Gasteiger partial charge in [0.2, 0.25) is 5.91 Å². The van der Waals surface area contributed by atoms with E-state index in [-0.39, 0.29) is 24.4 Å². The van der Waals surface area contributed by atoms with Gasteiger partial charge in [-0.15, -0.1) is 0 Å². The summed E-state index contributed by atoms with van der Waals surface area (Å²) >= 11 is 0. The maximum Gasteiger partial charge on any atom is 0.325 e. The number of hydrogen-bond acceptors (Lipinski definition) is 3. The number of nitrogens with zero attached hydrogens (tertiary/aromatic N) is 1. The minimum Gasteiger partial charge on any atom is -0.351 e. The molecule has 6 heteroatoms. The van der Waals surface area contributed by atoms with Gasteiger partial charge in [0.15, 0.2) is 0 Å². The van der Waals surface area contributed by atoms with E-state index >= 15 is 0 Å². The molecule has 6 rings (SSSR count). The highest BCUT2D eigenvalue weighted by Gasteiger charge is 2.51. The van der Waals surface area contributed by atoms with Gasteiger partial charge in [0, 0.05) is 6.04 Å². The predicted octanol–water partition coefficient (Wildman–Crippen LogP) is 2.70. The molecule has 0 spiro atoms. The van der Waals surface area contributed by atoms with E-state index in [1.54, 1.807) is 6.92 Å². The molecule has 4 amide bonds. The molecule has 5 fully saturated rings. The van der Waals surface area contributed by atoms with Crippen molar-refractivity contribution in [2.45, 2.75) is 57.5 Å². The van der Waals surface area contributed by atoms with Crippen LogP contribution in [0, 0.1) is 30.6 Å². The Morgan fingerprint density at radius 3 is 2.24 bits per heavy atom. The number of amides is 4. The number of imide groups is 1. The van der Waals surface area contributed by atoms with Crippen LogP contribution >= 0.6 is 0 Å². The topological polar surface area (TPSA) is 78.5 Å². The van der Waals surface area contributed by atoms with Crippen molar-refractivity contribution in [1.82, 2.24) is 15.5 Å². The maximum atomic E-state index is 13.1. The molecule has 1 aromatic rings. The van der Waals surface area contributed by atoms with Gasteiger partial charge in [-0.05, 0) is 75.2 Å². The van der Waals surface area contributed by atoms with Crippen molar-refractivity contribution in [3.8, 4) is 0 Å². The van der Waals surface area contributed by atoms with Crippen molar-refractivity contribution in [1.29, 1.82) is 0 Å². The molecule has 0 unspecified atom stereocenters. The summed E-state index contributed by atoms with van der Waals surface area (Å²) in [6.07, 6.45) is 6.23. The van der Waals surface area contributed by atoms with Gasteiger partial charge in [-0.1, -0.05) is 29.8 Å². The SMILES string of the molecule is Cc1ccc([C@]2(C)NC(=O)N(CC(=O)NC3C4CC5CC(C4)CC3C5)C2=O)cc1. The number of aryl methyl sites for hydroxylation is 1. The van der Waals surface area contributed by atoms with Crippen molar-refractivity contribution in [3.05, 3.63) is 35.4 Å². The predicted molar refractivity (Wildman–Crippen MR) is 108 cm³/mol. The standard InChI is InChI=1S/C23H29N3O3/c1-13-3-5-18(6-4-13)23(2)21(28)26(22(29)25-23)12-19(27)24-20-16-8-14-7-15(10-16)11-17(20)9-14/h3-6,14-17,20H,7-12H2,1-2H3,(H,24,27)(H,25,29)/t14?,15?,16?,17?,20?,23-/m0/s1. The van der Waals surface area contributed by atoms with E-state index < -0.39 is 11.6 Å². The van der Waals surface area contributed by atoms with Gasteiger partial charge in [0.25, 0.3) is 5.91 Å². The molecule has 4 saturated carbocycles. The first-order valence-corrected chi connectivity index (χ1v) is 10.8. The number of nitrogens with one attached hydrogen (secondary N) is 2. The van der Waals surface area contributed by atoms with E-state index in [1.807, 2.05) is 31.2 Å². The van der Waals surface area contributed by atoms with Crippen molar-refractivity contribution in [2.75, 3.05) is 6.54 Å². The lowest BCUT2D eigenvalue weighted by Gasteiger charge is -2.54. The Bertz CT molecular complexity index is 837. The van der Waals surface area contributed by atoms with Gasteiger partial charge >= 0.3 is 6.03 Å². The van der Waals surface area contributed by atoms with Gasteiger partial charge in [-0.25, -0.2) is 4.79 Å². The van der Waals surface area contributed by atoms with Crippen LogP contribution in [-0.2, 0) is 15.1 Å². The van der Waals surface area contributed by atoms with E-state index in [2.05, 4.69) is 10.6 Å². The summed E-state index contributed by atoms with van der Waals surface area (Å²) in [7, 11) is 0. The molecule has 2 N–H and O–H groups in total. The molecule has 5 aliphatic rings. The molecule has 0 aromatic heterocycles. The van der Waals surface area contributed by atoms with Crippen LogP contribution in [0.2, 0.25) is 0 Å². The summed E-state index contributed by atoms with van der Waals surface area (Å²) in [5, 5.41) is 5.98. The molecule has 29 heavy (non-hydrogen) atoms. The van der Waals surface area contributed by atoms with Crippen LogP contribution in [-0.4, -0.2) is 35.3 Å². The molecule has 1 atom stereocenters. The third kappa shape index (κ3) is 3.04. The Morgan fingerprint density at radius 2 is 1.66 bits per heavy atom. The van der Waals surface area contributed by atoms with Gasteiger partial charge in [-0.3, -0.25) is 14.5 Å². The van der Waals surface area contributed by atoms with E-state index in [4.69, 9.17) is 0 Å². The Balaban J connectivity index is 1.27. The first kappa shape index (κ1) is 18.6. The van der Waals surface area contributed by atoms with Gasteiger partial charge < -0.3 is 10.6 Å². The summed E-state index contributed by atoms with van der Waals surface area (Å²) in [6, 6.07) is 7.25. The van der Waals surface area contributed by atoms with Gasteiger partial charge in [0.05, 0.1) is 0 Å². The monoisotopic (exact) mass is 395 g/mol. The summed E-state index contributed by atoms with van der Waals surface area (Å²) in [4.78, 5) is 39.4. The number of carbonyl (C=O) groups is 3. The molecule has 6 nitrogen and oxygen atoms in total. The quantitative estimate of drug-likeness (QED) is 0.770. The zero-order valence-electron chi connectivity index (χ0n) is 17.1. The lowest BCUT2D eigenvalue weighted by Crippen LogP contribution is -2.57. The first-order chi connectivity index (χ1) is 13.8. The Kier molecular flexibility index (Phi) is 4.23. The first-order valence-electron chi connectivity index (χ1n) is 10.8. The average Bonchev–Trinajstić information content (AvgIpc) is 2.88. The summed E-state index contributed by atoms with van der Waals surface area (Å²) in [5.41, 5.74) is 0.680. The zero-order chi connectivity index (χ0) is 20.3.